The van der Waals surface area contributed by atoms with E-state index in [-0.39, 0.29) is 17.7 Å². The molecule has 0 spiro atoms. The van der Waals surface area contributed by atoms with Crippen molar-refractivity contribution in [2.24, 2.45) is 5.73 Å². The summed E-state index contributed by atoms with van der Waals surface area (Å²) in [5.41, 5.74) is 6.29. The molecule has 2 aromatic rings. The number of nitrogens with two attached hydrogens (primary N) is 1. The maximum Gasteiger partial charge on any atom is 0.249 e. The molecule has 17 heavy (non-hydrogen) atoms. The predicted molar refractivity (Wildman–Crippen MR) is 64.6 cm³/mol. The van der Waals surface area contributed by atoms with Crippen LogP contribution in [0.5, 0.6) is 0 Å². The van der Waals surface area contributed by atoms with Gasteiger partial charge >= 0.3 is 0 Å². The summed E-state index contributed by atoms with van der Waals surface area (Å²) < 4.78 is 19.2. The molecule has 0 aliphatic heterocycles. The van der Waals surface area contributed by atoms with Crippen molar-refractivity contribution in [2.45, 2.75) is 19.4 Å². The summed E-state index contributed by atoms with van der Waals surface area (Å²) >= 11 is 3.30. The number of halogens is 2. The SMILES string of the molecule is CCC(N)c1nnc(-c2cc(F)ccc2Br)o1. The molecule has 0 radical (unpaired) electrons. The molecule has 0 saturated heterocycles. The molecule has 1 heterocycles. The minimum absolute atomic E-state index is 0.260. The normalized spacial score (nSPS) is 12.7. The van der Waals surface area contributed by atoms with Crippen molar-refractivity contribution in [3.05, 3.63) is 34.4 Å². The number of rotatable bonds is 3. The molecule has 90 valence electrons. The van der Waals surface area contributed by atoms with Gasteiger partial charge in [-0.05, 0) is 40.5 Å². The molecular formula is C11H11BrFN3O. The average Bonchev–Trinajstić information content (AvgIpc) is 2.80. The Kier molecular flexibility index (Phi) is 3.54. The summed E-state index contributed by atoms with van der Waals surface area (Å²) in [4.78, 5) is 0. The zero-order valence-corrected chi connectivity index (χ0v) is 10.7. The highest BCUT2D eigenvalue weighted by molar-refractivity contribution is 9.10. The smallest absolute Gasteiger partial charge is 0.249 e. The summed E-state index contributed by atoms with van der Waals surface area (Å²) in [6, 6.07) is 3.99. The Bertz CT molecular complexity index is 529. The second kappa shape index (κ2) is 4.93. The number of nitrogens with zero attached hydrogens (tertiary/aromatic N) is 2. The molecule has 0 bridgehead atoms. The first-order chi connectivity index (χ1) is 8.11. The highest BCUT2D eigenvalue weighted by Crippen LogP contribution is 2.28. The fourth-order valence-corrected chi connectivity index (χ4v) is 1.75. The lowest BCUT2D eigenvalue weighted by Crippen LogP contribution is -2.08. The van der Waals surface area contributed by atoms with Crippen molar-refractivity contribution < 1.29 is 8.81 Å². The average molecular weight is 300 g/mol. The van der Waals surface area contributed by atoms with Crippen LogP contribution in [-0.2, 0) is 0 Å². The minimum atomic E-state index is -0.359. The first-order valence-corrected chi connectivity index (χ1v) is 5.95. The zero-order valence-electron chi connectivity index (χ0n) is 9.15. The Balaban J connectivity index is 2.40. The number of aromatic nitrogens is 2. The van der Waals surface area contributed by atoms with E-state index in [1.807, 2.05) is 6.92 Å². The third-order valence-corrected chi connectivity index (χ3v) is 3.05. The van der Waals surface area contributed by atoms with Crippen molar-refractivity contribution in [1.29, 1.82) is 0 Å². The molecule has 2 rings (SSSR count). The van der Waals surface area contributed by atoms with Crippen LogP contribution in [0.15, 0.2) is 27.1 Å². The minimum Gasteiger partial charge on any atom is -0.419 e. The molecular weight excluding hydrogens is 289 g/mol. The van der Waals surface area contributed by atoms with Crippen LogP contribution in [0.4, 0.5) is 4.39 Å². The Morgan fingerprint density at radius 1 is 1.47 bits per heavy atom. The fraction of sp³-hybridized carbons (Fsp3) is 0.273. The van der Waals surface area contributed by atoms with Crippen LogP contribution < -0.4 is 5.73 Å². The molecule has 0 saturated carbocycles. The van der Waals surface area contributed by atoms with Gasteiger partial charge in [0.05, 0.1) is 11.6 Å². The zero-order chi connectivity index (χ0) is 12.4. The lowest BCUT2D eigenvalue weighted by Gasteiger charge is -2.01. The van der Waals surface area contributed by atoms with Gasteiger partial charge < -0.3 is 10.2 Å². The largest absolute Gasteiger partial charge is 0.419 e. The van der Waals surface area contributed by atoms with Gasteiger partial charge in [0.25, 0.3) is 0 Å². The molecule has 1 unspecified atom stereocenters. The Hall–Kier alpha value is -1.27. The molecule has 0 fully saturated rings. The van der Waals surface area contributed by atoms with E-state index >= 15 is 0 Å². The van der Waals surface area contributed by atoms with Crippen LogP contribution in [0.1, 0.15) is 25.3 Å². The van der Waals surface area contributed by atoms with Crippen molar-refractivity contribution in [3.8, 4) is 11.5 Å². The van der Waals surface area contributed by atoms with Crippen molar-refractivity contribution >= 4 is 15.9 Å². The molecule has 0 aliphatic carbocycles. The van der Waals surface area contributed by atoms with E-state index in [2.05, 4.69) is 26.1 Å². The topological polar surface area (TPSA) is 64.9 Å². The van der Waals surface area contributed by atoms with Crippen molar-refractivity contribution in [3.63, 3.8) is 0 Å². The van der Waals surface area contributed by atoms with Gasteiger partial charge in [-0.2, -0.15) is 0 Å². The molecule has 4 nitrogen and oxygen atoms in total. The van der Waals surface area contributed by atoms with Gasteiger partial charge in [0, 0.05) is 4.47 Å². The van der Waals surface area contributed by atoms with Gasteiger partial charge in [0.2, 0.25) is 11.8 Å². The fourth-order valence-electron chi connectivity index (χ4n) is 1.33. The standard InChI is InChI=1S/C11H11BrFN3O/c1-2-9(14)11-16-15-10(17-11)7-5-6(13)3-4-8(7)12/h3-5,9H,2,14H2,1H3. The quantitative estimate of drug-likeness (QED) is 0.946. The number of hydrogen-bond acceptors (Lipinski definition) is 4. The summed E-state index contributed by atoms with van der Waals surface area (Å²) in [5.74, 6) is 0.261. The van der Waals surface area contributed by atoms with Crippen LogP contribution >= 0.6 is 15.9 Å². The number of benzene rings is 1. The van der Waals surface area contributed by atoms with E-state index in [0.717, 1.165) is 0 Å². The van der Waals surface area contributed by atoms with Crippen LogP contribution in [-0.4, -0.2) is 10.2 Å². The van der Waals surface area contributed by atoms with Crippen molar-refractivity contribution in [2.75, 3.05) is 0 Å². The van der Waals surface area contributed by atoms with Crippen LogP contribution in [0.2, 0.25) is 0 Å². The summed E-state index contributed by atoms with van der Waals surface area (Å²) in [6.45, 7) is 1.92. The third-order valence-electron chi connectivity index (χ3n) is 2.36. The molecule has 6 heteroatoms. The molecule has 0 aliphatic rings. The van der Waals surface area contributed by atoms with E-state index in [4.69, 9.17) is 10.2 Å². The third kappa shape index (κ3) is 2.53. The van der Waals surface area contributed by atoms with Crippen LogP contribution in [0, 0.1) is 5.82 Å². The van der Waals surface area contributed by atoms with Gasteiger partial charge in [-0.25, -0.2) is 4.39 Å². The highest BCUT2D eigenvalue weighted by Gasteiger charge is 2.15. The molecule has 1 aromatic heterocycles. The van der Waals surface area contributed by atoms with Crippen LogP contribution in [0.3, 0.4) is 0 Å². The molecule has 1 atom stereocenters. The van der Waals surface area contributed by atoms with Gasteiger partial charge in [0.1, 0.15) is 5.82 Å². The van der Waals surface area contributed by atoms with Gasteiger partial charge in [-0.1, -0.05) is 6.92 Å². The van der Waals surface area contributed by atoms with E-state index in [1.165, 1.54) is 12.1 Å². The maximum atomic E-state index is 13.1. The van der Waals surface area contributed by atoms with Gasteiger partial charge in [0.15, 0.2) is 0 Å². The number of hydrogen-bond donors (Lipinski definition) is 1. The molecule has 2 N–H and O–H groups in total. The Labute approximate surface area is 106 Å². The first kappa shape index (κ1) is 12.2. The second-order valence-electron chi connectivity index (χ2n) is 3.58. The summed E-state index contributed by atoms with van der Waals surface area (Å²) in [5, 5.41) is 7.71. The maximum absolute atomic E-state index is 13.1. The lowest BCUT2D eigenvalue weighted by molar-refractivity contribution is 0.452. The molecule has 1 aromatic carbocycles. The second-order valence-corrected chi connectivity index (χ2v) is 4.44. The van der Waals surface area contributed by atoms with E-state index in [1.54, 1.807) is 6.07 Å². The monoisotopic (exact) mass is 299 g/mol. The Morgan fingerprint density at radius 2 is 2.24 bits per heavy atom. The van der Waals surface area contributed by atoms with Crippen LogP contribution in [0.25, 0.3) is 11.5 Å². The summed E-state index contributed by atoms with van der Waals surface area (Å²) in [6.07, 6.45) is 0.700. The first-order valence-electron chi connectivity index (χ1n) is 5.16. The van der Waals surface area contributed by atoms with Crippen molar-refractivity contribution in [1.82, 2.24) is 10.2 Å². The lowest BCUT2D eigenvalue weighted by atomic mass is 10.2. The van der Waals surface area contributed by atoms with E-state index < -0.39 is 0 Å². The van der Waals surface area contributed by atoms with Gasteiger partial charge in [-0.15, -0.1) is 10.2 Å². The van der Waals surface area contributed by atoms with E-state index in [0.29, 0.717) is 22.3 Å². The predicted octanol–water partition coefficient (Wildman–Crippen LogP) is 3.05. The molecule has 0 amide bonds. The van der Waals surface area contributed by atoms with E-state index in [9.17, 15) is 4.39 Å². The van der Waals surface area contributed by atoms with Gasteiger partial charge in [-0.3, -0.25) is 0 Å². The Morgan fingerprint density at radius 3 is 2.94 bits per heavy atom. The summed E-state index contributed by atoms with van der Waals surface area (Å²) in [7, 11) is 0. The highest BCUT2D eigenvalue weighted by atomic mass is 79.9.